The number of hydrogen-bond acceptors (Lipinski definition) is 4. The summed E-state index contributed by atoms with van der Waals surface area (Å²) in [6, 6.07) is 2.20. The summed E-state index contributed by atoms with van der Waals surface area (Å²) in [4.78, 5) is 11.2. The minimum atomic E-state index is -5.33. The molecule has 0 radical (unpaired) electrons. The number of anilines is 1. The van der Waals surface area contributed by atoms with Crippen molar-refractivity contribution in [2.75, 3.05) is 11.9 Å². The van der Waals surface area contributed by atoms with Crippen LogP contribution in [0.5, 0.6) is 0 Å². The van der Waals surface area contributed by atoms with E-state index in [1.54, 1.807) is 0 Å². The summed E-state index contributed by atoms with van der Waals surface area (Å²) < 4.78 is 90.7. The van der Waals surface area contributed by atoms with E-state index in [1.807, 2.05) is 0 Å². The Kier molecular flexibility index (Phi) is 6.46. The number of hydrogen-bond donors (Lipinski definition) is 0. The lowest BCUT2D eigenvalue weighted by atomic mass is 10.2. The monoisotopic (exact) mass is 492 g/mol. The van der Waals surface area contributed by atoms with Crippen LogP contribution >= 0.6 is 23.2 Å². The summed E-state index contributed by atoms with van der Waals surface area (Å²) in [5, 5.41) is 11.4. The molecule has 0 fully saturated rings. The highest BCUT2D eigenvalue weighted by atomic mass is 35.5. The van der Waals surface area contributed by atoms with Gasteiger partial charge in [0, 0.05) is 14.0 Å². The molecule has 162 valence electrons. The van der Waals surface area contributed by atoms with Gasteiger partial charge >= 0.3 is 11.7 Å². The number of nitrogens with zero attached hydrogens (tertiary/aromatic N) is 4. The third kappa shape index (κ3) is 4.40. The van der Waals surface area contributed by atoms with Crippen LogP contribution in [0.2, 0.25) is 10.0 Å². The van der Waals surface area contributed by atoms with Gasteiger partial charge in [0.25, 0.3) is 0 Å². The largest absolute Gasteiger partial charge is 0.476 e. The molecule has 2 rings (SSSR count). The smallest absolute Gasteiger partial charge is 0.299 e. The molecule has 0 aliphatic rings. The second-order valence-corrected chi connectivity index (χ2v) is 7.83. The van der Waals surface area contributed by atoms with E-state index in [4.69, 9.17) is 23.2 Å². The second-order valence-electron chi connectivity index (χ2n) is 5.60. The maximum absolute atomic E-state index is 13.1. The first kappa shape index (κ1) is 24.0. The first-order valence-corrected chi connectivity index (χ1v) is 9.34. The molecule has 0 N–H and O–H groups in total. The predicted octanol–water partition coefficient (Wildman–Crippen LogP) is 4.68. The molecule has 2 aromatic rings. The average Bonchev–Trinajstić information content (AvgIpc) is 2.96. The number of carbonyl (C=O) groups is 1. The SMILES string of the molecule is CC(=O)N(C)c1c(S(=O)C(F)(F)F)c(C#N)nn1-c1c(Cl)cc(C(F)(F)F)cc1Cl. The molecule has 0 aliphatic heterocycles. The number of benzene rings is 1. The molecule has 1 aromatic carbocycles. The van der Waals surface area contributed by atoms with E-state index in [9.17, 15) is 40.6 Å². The van der Waals surface area contributed by atoms with Crippen molar-refractivity contribution in [3.8, 4) is 11.8 Å². The van der Waals surface area contributed by atoms with Crippen LogP contribution in [0.4, 0.5) is 32.2 Å². The van der Waals surface area contributed by atoms with Gasteiger partial charge in [0.2, 0.25) is 5.91 Å². The van der Waals surface area contributed by atoms with E-state index < -0.39 is 66.1 Å². The van der Waals surface area contributed by atoms with E-state index in [-0.39, 0.29) is 0 Å². The zero-order chi connectivity index (χ0) is 23.2. The van der Waals surface area contributed by atoms with E-state index in [0.717, 1.165) is 14.0 Å². The fourth-order valence-electron chi connectivity index (χ4n) is 2.29. The Hall–Kier alpha value is -2.30. The summed E-state index contributed by atoms with van der Waals surface area (Å²) in [7, 11) is -2.83. The number of alkyl halides is 6. The van der Waals surface area contributed by atoms with Crippen LogP contribution in [0, 0.1) is 11.3 Å². The Morgan fingerprint density at radius 1 is 1.20 bits per heavy atom. The fraction of sp³-hybridized carbons (Fsp3) is 0.267. The minimum Gasteiger partial charge on any atom is -0.299 e. The molecule has 1 aromatic heterocycles. The Bertz CT molecular complexity index is 1070. The number of aromatic nitrogens is 2. The molecule has 0 bridgehead atoms. The molecule has 1 heterocycles. The highest BCUT2D eigenvalue weighted by molar-refractivity contribution is 7.86. The standard InChI is InChI=1S/C15H8Cl2F6N4O2S/c1-6(28)26(2)13-12(30(29)15(21,22)23)10(5-24)25-27(13)11-8(16)3-7(4-9(11)17)14(18,19)20/h3-4H,1-2H3. The van der Waals surface area contributed by atoms with Crippen molar-refractivity contribution < 1.29 is 35.3 Å². The van der Waals surface area contributed by atoms with E-state index in [0.29, 0.717) is 21.7 Å². The quantitative estimate of drug-likeness (QED) is 0.582. The number of halogens is 8. The van der Waals surface area contributed by atoms with Gasteiger partial charge in [-0.15, -0.1) is 0 Å². The lowest BCUT2D eigenvalue weighted by molar-refractivity contribution is -0.137. The third-order valence-electron chi connectivity index (χ3n) is 3.67. The van der Waals surface area contributed by atoms with Crippen molar-refractivity contribution >= 4 is 45.7 Å². The molecule has 1 amide bonds. The van der Waals surface area contributed by atoms with E-state index in [2.05, 4.69) is 5.10 Å². The van der Waals surface area contributed by atoms with Gasteiger partial charge in [-0.25, -0.2) is 8.89 Å². The molecule has 6 nitrogen and oxygen atoms in total. The molecule has 0 spiro atoms. The molecule has 0 saturated heterocycles. The van der Waals surface area contributed by atoms with Gasteiger partial charge < -0.3 is 0 Å². The van der Waals surface area contributed by atoms with Crippen molar-refractivity contribution in [2.24, 2.45) is 0 Å². The van der Waals surface area contributed by atoms with E-state index >= 15 is 0 Å². The van der Waals surface area contributed by atoms with Gasteiger partial charge in [-0.2, -0.15) is 36.7 Å². The van der Waals surface area contributed by atoms with Crippen molar-refractivity contribution in [1.82, 2.24) is 9.78 Å². The van der Waals surface area contributed by atoms with Crippen molar-refractivity contribution in [2.45, 2.75) is 23.5 Å². The number of rotatable bonds is 3. The van der Waals surface area contributed by atoms with Gasteiger partial charge in [-0.05, 0) is 12.1 Å². The normalized spacial score (nSPS) is 13.1. The van der Waals surface area contributed by atoms with Crippen LogP contribution < -0.4 is 4.90 Å². The highest BCUT2D eigenvalue weighted by Crippen LogP contribution is 2.41. The zero-order valence-corrected chi connectivity index (χ0v) is 17.0. The first-order valence-electron chi connectivity index (χ1n) is 7.43. The Morgan fingerprint density at radius 3 is 2.07 bits per heavy atom. The Morgan fingerprint density at radius 2 is 1.70 bits per heavy atom. The van der Waals surface area contributed by atoms with E-state index in [1.165, 1.54) is 6.07 Å². The van der Waals surface area contributed by atoms with Crippen LogP contribution in [-0.2, 0) is 21.8 Å². The first-order chi connectivity index (χ1) is 13.6. The molecule has 1 atom stereocenters. The second kappa shape index (κ2) is 8.09. The zero-order valence-electron chi connectivity index (χ0n) is 14.7. The third-order valence-corrected chi connectivity index (χ3v) is 5.41. The van der Waals surface area contributed by atoms with Gasteiger partial charge in [-0.3, -0.25) is 9.69 Å². The average molecular weight is 493 g/mol. The lowest BCUT2D eigenvalue weighted by Crippen LogP contribution is -2.28. The summed E-state index contributed by atoms with van der Waals surface area (Å²) in [6.07, 6.45) is -4.84. The number of nitriles is 1. The van der Waals surface area contributed by atoms with Crippen LogP contribution in [0.25, 0.3) is 5.69 Å². The highest BCUT2D eigenvalue weighted by Gasteiger charge is 2.44. The Balaban J connectivity index is 2.95. The predicted molar refractivity (Wildman–Crippen MR) is 94.8 cm³/mol. The molecule has 30 heavy (non-hydrogen) atoms. The van der Waals surface area contributed by atoms with Crippen LogP contribution in [-0.4, -0.2) is 32.5 Å². The molecular weight excluding hydrogens is 485 g/mol. The van der Waals surface area contributed by atoms with Crippen LogP contribution in [0.3, 0.4) is 0 Å². The maximum Gasteiger partial charge on any atom is 0.476 e. The summed E-state index contributed by atoms with van der Waals surface area (Å²) in [6.45, 7) is 0.944. The van der Waals surface area contributed by atoms with Crippen molar-refractivity contribution in [3.05, 3.63) is 33.4 Å². The van der Waals surface area contributed by atoms with Crippen LogP contribution in [0.15, 0.2) is 17.0 Å². The number of carbonyl (C=O) groups excluding carboxylic acids is 1. The number of amides is 1. The summed E-state index contributed by atoms with van der Waals surface area (Å²) in [5.74, 6) is -1.65. The molecular formula is C15H8Cl2F6N4O2S. The molecule has 0 aliphatic carbocycles. The molecule has 15 heteroatoms. The summed E-state index contributed by atoms with van der Waals surface area (Å²) >= 11 is 11.8. The van der Waals surface area contributed by atoms with Crippen molar-refractivity contribution in [3.63, 3.8) is 0 Å². The van der Waals surface area contributed by atoms with Gasteiger partial charge in [0.15, 0.2) is 22.3 Å². The fourth-order valence-corrected chi connectivity index (χ4v) is 3.82. The molecule has 0 saturated carbocycles. The lowest BCUT2D eigenvalue weighted by Gasteiger charge is -2.20. The van der Waals surface area contributed by atoms with Gasteiger partial charge in [-0.1, -0.05) is 23.2 Å². The summed E-state index contributed by atoms with van der Waals surface area (Å²) in [5.41, 5.74) is -8.12. The van der Waals surface area contributed by atoms with Gasteiger partial charge in [0.05, 0.1) is 15.6 Å². The van der Waals surface area contributed by atoms with Gasteiger partial charge in [0.1, 0.15) is 16.7 Å². The maximum atomic E-state index is 13.1. The topological polar surface area (TPSA) is 79.0 Å². The molecule has 1 unspecified atom stereocenters. The van der Waals surface area contributed by atoms with Crippen molar-refractivity contribution in [1.29, 1.82) is 5.26 Å². The minimum absolute atomic E-state index is 0.439. The Labute approximate surface area is 177 Å². The van der Waals surface area contributed by atoms with Crippen LogP contribution in [0.1, 0.15) is 18.2 Å².